The van der Waals surface area contributed by atoms with Crippen LogP contribution in [0.2, 0.25) is 0 Å². The van der Waals surface area contributed by atoms with Crippen LogP contribution < -0.4 is 15.4 Å². The first kappa shape index (κ1) is 20.7. The highest BCUT2D eigenvalue weighted by atomic mass is 32.1. The zero-order chi connectivity index (χ0) is 21.6. The number of hydrogen-bond donors (Lipinski definition) is 2. The van der Waals surface area contributed by atoms with Crippen molar-refractivity contribution in [2.75, 3.05) is 11.9 Å². The number of fused-ring (bicyclic) bond motifs is 1. The number of nitrogens with one attached hydrogen (secondary N) is 2. The van der Waals surface area contributed by atoms with E-state index in [2.05, 4.69) is 30.6 Å². The van der Waals surface area contributed by atoms with E-state index in [1.54, 1.807) is 18.5 Å². The summed E-state index contributed by atoms with van der Waals surface area (Å²) < 4.78 is 6.09. The molecule has 0 aliphatic carbocycles. The Labute approximate surface area is 183 Å². The molecule has 0 aliphatic heterocycles. The fourth-order valence-electron chi connectivity index (χ4n) is 3.00. The fourth-order valence-corrected chi connectivity index (χ4v) is 3.81. The van der Waals surface area contributed by atoms with Crippen molar-refractivity contribution in [2.45, 2.75) is 26.4 Å². The van der Waals surface area contributed by atoms with Gasteiger partial charge in [0.05, 0.1) is 28.6 Å². The van der Waals surface area contributed by atoms with Crippen LogP contribution in [0.1, 0.15) is 41.6 Å². The highest BCUT2D eigenvalue weighted by molar-refractivity contribution is 7.17. The lowest BCUT2D eigenvalue weighted by Gasteiger charge is -2.14. The topological polar surface area (TPSA) is 102 Å². The van der Waals surface area contributed by atoms with Crippen LogP contribution >= 0.6 is 11.3 Å². The molecule has 0 spiro atoms. The number of thiophene rings is 1. The standard InChI is InChI=1S/C22H22N6O2S/c1-3-30-18-8-7-15(12-24-18)13-25-21(29)19-20-17(9-11-31-20)27-22(28-19)26-14(2)16-6-4-5-10-23-16/h4-12,14H,3,13H2,1-2H3,(H,25,29)(H,26,27,28). The normalized spacial score (nSPS) is 11.8. The van der Waals surface area contributed by atoms with Crippen LogP contribution in [0.5, 0.6) is 5.88 Å². The largest absolute Gasteiger partial charge is 0.478 e. The Morgan fingerprint density at radius 2 is 2.06 bits per heavy atom. The van der Waals surface area contributed by atoms with Crippen LogP contribution in [0.25, 0.3) is 10.2 Å². The van der Waals surface area contributed by atoms with Crippen molar-refractivity contribution in [1.82, 2.24) is 25.3 Å². The molecular weight excluding hydrogens is 412 g/mol. The van der Waals surface area contributed by atoms with E-state index in [4.69, 9.17) is 4.74 Å². The molecule has 0 bridgehead atoms. The second-order valence-electron chi connectivity index (χ2n) is 6.77. The molecule has 4 aromatic heterocycles. The second-order valence-corrected chi connectivity index (χ2v) is 7.69. The number of nitrogens with zero attached hydrogens (tertiary/aromatic N) is 4. The van der Waals surface area contributed by atoms with Crippen molar-refractivity contribution < 1.29 is 9.53 Å². The number of amides is 1. The summed E-state index contributed by atoms with van der Waals surface area (Å²) in [6, 6.07) is 11.2. The molecule has 0 aromatic carbocycles. The summed E-state index contributed by atoms with van der Waals surface area (Å²) in [5.41, 5.74) is 2.80. The van der Waals surface area contributed by atoms with Crippen molar-refractivity contribution in [2.24, 2.45) is 0 Å². The smallest absolute Gasteiger partial charge is 0.271 e. The van der Waals surface area contributed by atoms with Gasteiger partial charge in [-0.3, -0.25) is 9.78 Å². The van der Waals surface area contributed by atoms with Crippen LogP contribution in [-0.4, -0.2) is 32.4 Å². The summed E-state index contributed by atoms with van der Waals surface area (Å²) >= 11 is 1.44. The molecule has 1 amide bonds. The van der Waals surface area contributed by atoms with Gasteiger partial charge >= 0.3 is 0 Å². The number of hydrogen-bond acceptors (Lipinski definition) is 8. The van der Waals surface area contributed by atoms with Gasteiger partial charge in [-0.1, -0.05) is 12.1 Å². The predicted molar refractivity (Wildman–Crippen MR) is 120 cm³/mol. The fraction of sp³-hybridized carbons (Fsp3) is 0.227. The lowest BCUT2D eigenvalue weighted by atomic mass is 10.2. The van der Waals surface area contributed by atoms with Crippen molar-refractivity contribution in [1.29, 1.82) is 0 Å². The molecule has 158 valence electrons. The molecule has 9 heteroatoms. The van der Waals surface area contributed by atoms with Gasteiger partial charge in [-0.25, -0.2) is 15.0 Å². The van der Waals surface area contributed by atoms with Gasteiger partial charge in [-0.05, 0) is 43.0 Å². The monoisotopic (exact) mass is 434 g/mol. The Bertz CT molecular complexity index is 1160. The van der Waals surface area contributed by atoms with Crippen LogP contribution in [0, 0.1) is 0 Å². The van der Waals surface area contributed by atoms with Gasteiger partial charge in [0.15, 0.2) is 5.69 Å². The van der Waals surface area contributed by atoms with Crippen molar-refractivity contribution in [3.05, 3.63) is 71.1 Å². The maximum atomic E-state index is 12.9. The van der Waals surface area contributed by atoms with Crippen molar-refractivity contribution >= 4 is 33.4 Å². The minimum atomic E-state index is -0.266. The Balaban J connectivity index is 1.50. The van der Waals surface area contributed by atoms with E-state index in [-0.39, 0.29) is 11.9 Å². The molecule has 1 atom stereocenters. The van der Waals surface area contributed by atoms with Crippen LogP contribution in [0.4, 0.5) is 5.95 Å². The second kappa shape index (κ2) is 9.48. The first-order valence-electron chi connectivity index (χ1n) is 9.92. The summed E-state index contributed by atoms with van der Waals surface area (Å²) in [5, 5.41) is 8.06. The third kappa shape index (κ3) is 4.95. The maximum absolute atomic E-state index is 12.9. The number of rotatable bonds is 8. The number of pyridine rings is 2. The molecule has 4 heterocycles. The lowest BCUT2D eigenvalue weighted by molar-refractivity contribution is 0.0948. The molecule has 0 radical (unpaired) electrons. The first-order valence-corrected chi connectivity index (χ1v) is 10.8. The Kier molecular flexibility index (Phi) is 6.32. The van der Waals surface area contributed by atoms with Gasteiger partial charge in [0, 0.05) is 25.0 Å². The van der Waals surface area contributed by atoms with E-state index in [1.807, 2.05) is 49.6 Å². The Hall–Kier alpha value is -3.59. The van der Waals surface area contributed by atoms with Crippen LogP contribution in [0.15, 0.2) is 54.2 Å². The Morgan fingerprint density at radius 3 is 2.81 bits per heavy atom. The van der Waals surface area contributed by atoms with E-state index in [0.717, 1.165) is 21.5 Å². The first-order chi connectivity index (χ1) is 15.1. The number of carbonyl (C=O) groups is 1. The number of ether oxygens (including phenoxy) is 1. The van der Waals surface area contributed by atoms with Crippen LogP contribution in [0.3, 0.4) is 0 Å². The summed E-state index contributed by atoms with van der Waals surface area (Å²) in [6.07, 6.45) is 3.43. The predicted octanol–water partition coefficient (Wildman–Crippen LogP) is 3.98. The third-order valence-electron chi connectivity index (χ3n) is 4.54. The van der Waals surface area contributed by atoms with Crippen LogP contribution in [-0.2, 0) is 6.54 Å². The third-order valence-corrected chi connectivity index (χ3v) is 5.45. The lowest BCUT2D eigenvalue weighted by Crippen LogP contribution is -2.24. The van der Waals surface area contributed by atoms with Gasteiger partial charge in [0.25, 0.3) is 5.91 Å². The zero-order valence-electron chi connectivity index (χ0n) is 17.2. The molecular formula is C22H22N6O2S. The molecule has 31 heavy (non-hydrogen) atoms. The van der Waals surface area contributed by atoms with Crippen molar-refractivity contribution in [3.63, 3.8) is 0 Å². The SMILES string of the molecule is CCOc1ccc(CNC(=O)c2nc(NC(C)c3ccccn3)nc3ccsc23)cn1. The van der Waals surface area contributed by atoms with E-state index >= 15 is 0 Å². The van der Waals surface area contributed by atoms with E-state index in [0.29, 0.717) is 30.7 Å². The average Bonchev–Trinajstić information content (AvgIpc) is 3.27. The molecule has 0 saturated heterocycles. The summed E-state index contributed by atoms with van der Waals surface area (Å²) in [7, 11) is 0. The quantitative estimate of drug-likeness (QED) is 0.432. The molecule has 0 saturated carbocycles. The molecule has 4 rings (SSSR count). The average molecular weight is 435 g/mol. The highest BCUT2D eigenvalue weighted by Gasteiger charge is 2.17. The van der Waals surface area contributed by atoms with Gasteiger partial charge in [0.2, 0.25) is 11.8 Å². The zero-order valence-corrected chi connectivity index (χ0v) is 18.0. The van der Waals surface area contributed by atoms with E-state index < -0.39 is 0 Å². The van der Waals surface area contributed by atoms with Gasteiger partial charge in [0.1, 0.15) is 0 Å². The van der Waals surface area contributed by atoms with Gasteiger partial charge < -0.3 is 15.4 Å². The minimum Gasteiger partial charge on any atom is -0.478 e. The number of carbonyl (C=O) groups excluding carboxylic acids is 1. The highest BCUT2D eigenvalue weighted by Crippen LogP contribution is 2.25. The van der Waals surface area contributed by atoms with Gasteiger partial charge in [-0.15, -0.1) is 11.3 Å². The number of aromatic nitrogens is 4. The molecule has 8 nitrogen and oxygen atoms in total. The summed E-state index contributed by atoms with van der Waals surface area (Å²) in [4.78, 5) is 30.6. The molecule has 0 fully saturated rings. The van der Waals surface area contributed by atoms with Crippen molar-refractivity contribution in [3.8, 4) is 5.88 Å². The Morgan fingerprint density at radius 1 is 1.16 bits per heavy atom. The van der Waals surface area contributed by atoms with E-state index in [9.17, 15) is 4.79 Å². The molecule has 1 unspecified atom stereocenters. The number of anilines is 1. The molecule has 0 aliphatic rings. The maximum Gasteiger partial charge on any atom is 0.271 e. The molecule has 4 aromatic rings. The minimum absolute atomic E-state index is 0.108. The summed E-state index contributed by atoms with van der Waals surface area (Å²) in [6.45, 7) is 4.77. The summed E-state index contributed by atoms with van der Waals surface area (Å²) in [5.74, 6) is 0.681. The van der Waals surface area contributed by atoms with Gasteiger partial charge in [-0.2, -0.15) is 0 Å². The van der Waals surface area contributed by atoms with E-state index in [1.165, 1.54) is 11.3 Å². The molecule has 2 N–H and O–H groups in total.